The van der Waals surface area contributed by atoms with Gasteiger partial charge in [0.15, 0.2) is 11.5 Å². The number of aromatic amines is 1. The van der Waals surface area contributed by atoms with E-state index in [2.05, 4.69) is 19.9 Å². The van der Waals surface area contributed by atoms with Crippen LogP contribution in [-0.2, 0) is 0 Å². The third-order valence-corrected chi connectivity index (χ3v) is 3.10. The highest BCUT2D eigenvalue weighted by Crippen LogP contribution is 2.29. The molecule has 0 aliphatic heterocycles. The van der Waals surface area contributed by atoms with Crippen molar-refractivity contribution in [3.63, 3.8) is 0 Å². The van der Waals surface area contributed by atoms with Crippen LogP contribution in [0.2, 0.25) is 0 Å². The van der Waals surface area contributed by atoms with Gasteiger partial charge in [0.25, 0.3) is 0 Å². The van der Waals surface area contributed by atoms with Gasteiger partial charge >= 0.3 is 0 Å². The average molecular weight is 254 g/mol. The molecule has 5 N–H and O–H groups in total. The zero-order chi connectivity index (χ0) is 13.6. The fourth-order valence-electron chi connectivity index (χ4n) is 2.15. The van der Waals surface area contributed by atoms with Crippen LogP contribution >= 0.6 is 0 Å². The summed E-state index contributed by atoms with van der Waals surface area (Å²) in [5.41, 5.74) is 16.8. The van der Waals surface area contributed by atoms with Crippen LogP contribution in [0.5, 0.6) is 0 Å². The van der Waals surface area contributed by atoms with Crippen LogP contribution in [0.15, 0.2) is 18.5 Å². The molecular formula is C13H14N6. The average Bonchev–Trinajstić information content (AvgIpc) is 2.79. The van der Waals surface area contributed by atoms with E-state index in [-0.39, 0.29) is 0 Å². The molecule has 6 heteroatoms. The molecule has 3 rings (SSSR count). The number of aryl methyl sites for hydroxylation is 2. The minimum Gasteiger partial charge on any atom is -0.398 e. The predicted molar refractivity (Wildman–Crippen MR) is 75.4 cm³/mol. The molecule has 0 saturated carbocycles. The van der Waals surface area contributed by atoms with Crippen molar-refractivity contribution in [2.24, 2.45) is 0 Å². The van der Waals surface area contributed by atoms with Crippen molar-refractivity contribution in [3.8, 4) is 11.4 Å². The molecule has 0 radical (unpaired) electrons. The number of hydrogen-bond acceptors (Lipinski definition) is 5. The largest absolute Gasteiger partial charge is 0.398 e. The highest BCUT2D eigenvalue weighted by molar-refractivity contribution is 5.86. The number of imidazole rings is 1. The lowest BCUT2D eigenvalue weighted by molar-refractivity contribution is 1.21. The summed E-state index contributed by atoms with van der Waals surface area (Å²) in [5.74, 6) is 1.04. The summed E-state index contributed by atoms with van der Waals surface area (Å²) in [4.78, 5) is 15.6. The monoisotopic (exact) mass is 254 g/mol. The molecule has 19 heavy (non-hydrogen) atoms. The van der Waals surface area contributed by atoms with Gasteiger partial charge in [0.1, 0.15) is 17.7 Å². The fourth-order valence-corrected chi connectivity index (χ4v) is 2.15. The van der Waals surface area contributed by atoms with E-state index in [9.17, 15) is 0 Å². The Bertz CT molecular complexity index is 774. The third kappa shape index (κ3) is 1.77. The SMILES string of the molecule is Cc1cc(C)c(N)c(-c2nc3ncnc(N)c3[nH]2)c1. The molecule has 0 spiro atoms. The van der Waals surface area contributed by atoms with Crippen molar-refractivity contribution >= 4 is 22.7 Å². The second-order valence-corrected chi connectivity index (χ2v) is 4.59. The summed E-state index contributed by atoms with van der Waals surface area (Å²) < 4.78 is 0. The minimum absolute atomic E-state index is 0.381. The standard InChI is InChI=1S/C13H14N6/c1-6-3-7(2)9(14)8(4-6)12-18-10-11(15)16-5-17-13(10)19-12/h3-5H,14H2,1-2H3,(H3,15,16,17,18,19). The zero-order valence-corrected chi connectivity index (χ0v) is 10.7. The van der Waals surface area contributed by atoms with Crippen molar-refractivity contribution in [3.05, 3.63) is 29.6 Å². The van der Waals surface area contributed by atoms with Gasteiger partial charge in [-0.25, -0.2) is 15.0 Å². The molecule has 0 fully saturated rings. The van der Waals surface area contributed by atoms with Crippen LogP contribution in [0.25, 0.3) is 22.6 Å². The molecule has 3 aromatic rings. The number of H-pyrrole nitrogens is 1. The van der Waals surface area contributed by atoms with Crippen LogP contribution in [0.3, 0.4) is 0 Å². The van der Waals surface area contributed by atoms with Crippen molar-refractivity contribution < 1.29 is 0 Å². The summed E-state index contributed by atoms with van der Waals surface area (Å²) in [6.07, 6.45) is 1.40. The van der Waals surface area contributed by atoms with Gasteiger partial charge in [-0.05, 0) is 31.0 Å². The number of aromatic nitrogens is 4. The maximum absolute atomic E-state index is 6.12. The highest BCUT2D eigenvalue weighted by atomic mass is 15.0. The molecule has 2 aromatic heterocycles. The quantitative estimate of drug-likeness (QED) is 0.574. The van der Waals surface area contributed by atoms with Gasteiger partial charge in [0.2, 0.25) is 0 Å². The summed E-state index contributed by atoms with van der Waals surface area (Å²) >= 11 is 0. The van der Waals surface area contributed by atoms with Crippen LogP contribution < -0.4 is 11.5 Å². The summed E-state index contributed by atoms with van der Waals surface area (Å²) in [7, 11) is 0. The molecule has 0 aliphatic rings. The van der Waals surface area contributed by atoms with Crippen molar-refractivity contribution in [1.82, 2.24) is 19.9 Å². The number of rotatable bonds is 1. The van der Waals surface area contributed by atoms with E-state index in [1.54, 1.807) is 0 Å². The van der Waals surface area contributed by atoms with Crippen molar-refractivity contribution in [1.29, 1.82) is 0 Å². The Kier molecular flexibility index (Phi) is 2.38. The number of fused-ring (bicyclic) bond motifs is 1. The molecule has 6 nitrogen and oxygen atoms in total. The number of nitrogen functional groups attached to an aromatic ring is 2. The molecule has 0 aliphatic carbocycles. The first-order chi connectivity index (χ1) is 9.06. The molecule has 1 aromatic carbocycles. The van der Waals surface area contributed by atoms with Crippen LogP contribution in [0, 0.1) is 13.8 Å². The molecule has 96 valence electrons. The molecule has 0 bridgehead atoms. The van der Waals surface area contributed by atoms with Crippen LogP contribution in [-0.4, -0.2) is 19.9 Å². The Morgan fingerprint density at radius 2 is 1.89 bits per heavy atom. The fraction of sp³-hybridized carbons (Fsp3) is 0.154. The van der Waals surface area contributed by atoms with Gasteiger partial charge < -0.3 is 16.5 Å². The number of nitrogens with two attached hydrogens (primary N) is 2. The third-order valence-electron chi connectivity index (χ3n) is 3.10. The van der Waals surface area contributed by atoms with Gasteiger partial charge in [-0.1, -0.05) is 6.07 Å². The minimum atomic E-state index is 0.381. The Morgan fingerprint density at radius 1 is 1.11 bits per heavy atom. The van der Waals surface area contributed by atoms with Gasteiger partial charge in [0, 0.05) is 11.3 Å². The molecule has 2 heterocycles. The maximum atomic E-state index is 6.12. The Balaban J connectivity index is 2.28. The molecular weight excluding hydrogens is 240 g/mol. The molecule has 0 unspecified atom stereocenters. The van der Waals surface area contributed by atoms with E-state index in [0.717, 1.165) is 16.7 Å². The summed E-state index contributed by atoms with van der Waals surface area (Å²) in [6.45, 7) is 4.00. The van der Waals surface area contributed by atoms with Crippen LogP contribution in [0.1, 0.15) is 11.1 Å². The summed E-state index contributed by atoms with van der Waals surface area (Å²) in [6, 6.07) is 4.03. The first kappa shape index (κ1) is 11.5. The van der Waals surface area contributed by atoms with Gasteiger partial charge in [-0.2, -0.15) is 0 Å². The number of hydrogen-bond donors (Lipinski definition) is 3. The Morgan fingerprint density at radius 3 is 2.63 bits per heavy atom. The predicted octanol–water partition coefficient (Wildman–Crippen LogP) is 1.80. The van der Waals surface area contributed by atoms with E-state index in [1.165, 1.54) is 6.33 Å². The van der Waals surface area contributed by atoms with E-state index >= 15 is 0 Å². The second-order valence-electron chi connectivity index (χ2n) is 4.59. The highest BCUT2D eigenvalue weighted by Gasteiger charge is 2.13. The van der Waals surface area contributed by atoms with Crippen molar-refractivity contribution in [2.45, 2.75) is 13.8 Å². The first-order valence-corrected chi connectivity index (χ1v) is 5.89. The lowest BCUT2D eigenvalue weighted by atomic mass is 10.0. The maximum Gasteiger partial charge on any atom is 0.183 e. The second kappa shape index (κ2) is 3.94. The molecule has 0 saturated heterocycles. The van der Waals surface area contributed by atoms with E-state index in [0.29, 0.717) is 28.5 Å². The van der Waals surface area contributed by atoms with E-state index in [1.807, 2.05) is 26.0 Å². The smallest absolute Gasteiger partial charge is 0.183 e. The molecule has 0 amide bonds. The number of anilines is 2. The van der Waals surface area contributed by atoms with Gasteiger partial charge in [-0.15, -0.1) is 0 Å². The lowest BCUT2D eigenvalue weighted by Crippen LogP contribution is -1.96. The van der Waals surface area contributed by atoms with Crippen LogP contribution in [0.4, 0.5) is 11.5 Å². The number of benzene rings is 1. The van der Waals surface area contributed by atoms with Gasteiger partial charge in [-0.3, -0.25) is 0 Å². The topological polar surface area (TPSA) is 106 Å². The lowest BCUT2D eigenvalue weighted by Gasteiger charge is -2.07. The normalized spacial score (nSPS) is 11.1. The van der Waals surface area contributed by atoms with Gasteiger partial charge in [0.05, 0.1) is 0 Å². The van der Waals surface area contributed by atoms with E-state index in [4.69, 9.17) is 11.5 Å². The number of nitrogens with zero attached hydrogens (tertiary/aromatic N) is 3. The first-order valence-electron chi connectivity index (χ1n) is 5.89. The Labute approximate surface area is 109 Å². The van der Waals surface area contributed by atoms with E-state index < -0.39 is 0 Å². The molecule has 0 atom stereocenters. The summed E-state index contributed by atoms with van der Waals surface area (Å²) in [5, 5.41) is 0. The van der Waals surface area contributed by atoms with Crippen molar-refractivity contribution in [2.75, 3.05) is 11.5 Å². The Hall–Kier alpha value is -2.63. The number of nitrogens with one attached hydrogen (secondary N) is 1. The zero-order valence-electron chi connectivity index (χ0n) is 10.7.